The summed E-state index contributed by atoms with van der Waals surface area (Å²) in [6.45, 7) is 2.33. The van der Waals surface area contributed by atoms with E-state index in [4.69, 9.17) is 34.8 Å². The summed E-state index contributed by atoms with van der Waals surface area (Å²) in [4.78, 5) is 13.6. The van der Waals surface area contributed by atoms with Gasteiger partial charge < -0.3 is 0 Å². The van der Waals surface area contributed by atoms with E-state index in [0.29, 0.717) is 6.67 Å². The zero-order chi connectivity index (χ0) is 13.3. The van der Waals surface area contributed by atoms with E-state index in [9.17, 15) is 4.79 Å². The van der Waals surface area contributed by atoms with Crippen LogP contribution in [-0.2, 0) is 0 Å². The van der Waals surface area contributed by atoms with Crippen LogP contribution in [0.15, 0.2) is 24.3 Å². The van der Waals surface area contributed by atoms with E-state index >= 15 is 0 Å². The van der Waals surface area contributed by atoms with Gasteiger partial charge in [0.05, 0.1) is 6.67 Å². The molecule has 0 aromatic heterocycles. The van der Waals surface area contributed by atoms with E-state index in [1.807, 2.05) is 31.2 Å². The monoisotopic (exact) mass is 325 g/mol. The van der Waals surface area contributed by atoms with Crippen molar-refractivity contribution < 1.29 is 4.79 Å². The highest BCUT2D eigenvalue weighted by Crippen LogP contribution is 2.41. The molecule has 8 heteroatoms. The number of carbonyl (C=O) groups excluding carboxylic acids is 1. The molecule has 1 fully saturated rings. The summed E-state index contributed by atoms with van der Waals surface area (Å²) in [5, 5.41) is 0. The largest absolute Gasteiger partial charge is 0.350 e. The highest BCUT2D eigenvalue weighted by atomic mass is 35.6. The minimum atomic E-state index is -1.58. The minimum absolute atomic E-state index is 0.268. The van der Waals surface area contributed by atoms with Gasteiger partial charge in [0.25, 0.3) is 3.12 Å². The Kier molecular flexibility index (Phi) is 4.18. The van der Waals surface area contributed by atoms with Crippen molar-refractivity contribution in [2.75, 3.05) is 11.6 Å². The van der Waals surface area contributed by atoms with Crippen LogP contribution < -0.4 is 10.3 Å². The van der Waals surface area contributed by atoms with Crippen molar-refractivity contribution >= 4 is 58.5 Å². The van der Waals surface area contributed by atoms with Crippen LogP contribution in [-0.4, -0.2) is 20.2 Å². The molecule has 2 amide bonds. The first-order valence-corrected chi connectivity index (χ1v) is 6.95. The van der Waals surface area contributed by atoms with Gasteiger partial charge in [0, 0.05) is 17.6 Å². The van der Waals surface area contributed by atoms with Crippen molar-refractivity contribution in [3.63, 3.8) is 0 Å². The summed E-state index contributed by atoms with van der Waals surface area (Å²) in [5.41, 5.74) is 4.77. The van der Waals surface area contributed by atoms with E-state index in [1.54, 1.807) is 4.90 Å². The maximum atomic E-state index is 12.1. The SMILES string of the molecule is Cc1ccc(N2CNN(SC(Cl)(Cl)Cl)C2=O)cc1. The second-order valence-electron chi connectivity index (χ2n) is 3.69. The standard InChI is InChI=1S/C10H10Cl3N3OS/c1-7-2-4-8(5-3-7)15-6-14-16(9(15)17)18-10(11,12)13/h2-5,14H,6H2,1H3. The molecule has 1 aliphatic heterocycles. The molecule has 1 aromatic rings. The van der Waals surface area contributed by atoms with E-state index in [0.717, 1.165) is 23.2 Å². The Balaban J connectivity index is 2.10. The van der Waals surface area contributed by atoms with Crippen LogP contribution in [0.4, 0.5) is 10.5 Å². The number of nitrogens with zero attached hydrogens (tertiary/aromatic N) is 2. The molecule has 1 aliphatic rings. The van der Waals surface area contributed by atoms with E-state index in [2.05, 4.69) is 5.43 Å². The quantitative estimate of drug-likeness (QED) is 0.665. The molecule has 18 heavy (non-hydrogen) atoms. The van der Waals surface area contributed by atoms with Gasteiger partial charge in [0.1, 0.15) is 0 Å². The average Bonchev–Trinajstić information content (AvgIpc) is 2.60. The lowest BCUT2D eigenvalue weighted by molar-refractivity contribution is 0.236. The zero-order valence-corrected chi connectivity index (χ0v) is 12.4. The number of nitrogens with one attached hydrogen (secondary N) is 1. The number of rotatable bonds is 2. The number of alkyl halides is 3. The Bertz CT molecular complexity index is 449. The molecule has 98 valence electrons. The van der Waals surface area contributed by atoms with E-state index in [1.165, 1.54) is 4.41 Å². The second-order valence-corrected chi connectivity index (χ2v) is 7.81. The van der Waals surface area contributed by atoms with Gasteiger partial charge in [0.2, 0.25) is 0 Å². The van der Waals surface area contributed by atoms with Crippen LogP contribution in [0.1, 0.15) is 5.56 Å². The van der Waals surface area contributed by atoms with Crippen LogP contribution in [0.25, 0.3) is 0 Å². The molecule has 4 nitrogen and oxygen atoms in total. The lowest BCUT2D eigenvalue weighted by Crippen LogP contribution is -2.31. The normalized spacial score (nSPS) is 16.6. The fraction of sp³-hybridized carbons (Fsp3) is 0.300. The number of amides is 2. The van der Waals surface area contributed by atoms with Crippen molar-refractivity contribution in [2.45, 2.75) is 10.0 Å². The molecule has 2 rings (SSSR count). The average molecular weight is 327 g/mol. The first-order valence-electron chi connectivity index (χ1n) is 5.04. The van der Waals surface area contributed by atoms with Crippen LogP contribution in [0, 0.1) is 6.92 Å². The van der Waals surface area contributed by atoms with Crippen molar-refractivity contribution in [3.8, 4) is 0 Å². The number of hydrogen-bond donors (Lipinski definition) is 1. The molecule has 0 bridgehead atoms. The van der Waals surface area contributed by atoms with Crippen molar-refractivity contribution in [3.05, 3.63) is 29.8 Å². The van der Waals surface area contributed by atoms with Gasteiger partial charge in [-0.1, -0.05) is 52.5 Å². The topological polar surface area (TPSA) is 35.6 Å². The maximum absolute atomic E-state index is 12.1. The second kappa shape index (κ2) is 5.35. The van der Waals surface area contributed by atoms with Gasteiger partial charge in [-0.2, -0.15) is 9.84 Å². The van der Waals surface area contributed by atoms with Gasteiger partial charge in [-0.3, -0.25) is 4.90 Å². The van der Waals surface area contributed by atoms with Gasteiger partial charge >= 0.3 is 6.03 Å². The Morgan fingerprint density at radius 2 is 1.89 bits per heavy atom. The third-order valence-electron chi connectivity index (χ3n) is 2.32. The highest BCUT2D eigenvalue weighted by molar-refractivity contribution is 8.03. The van der Waals surface area contributed by atoms with Crippen LogP contribution in [0.2, 0.25) is 0 Å². The fourth-order valence-electron chi connectivity index (χ4n) is 1.48. The molecular weight excluding hydrogens is 317 g/mol. The van der Waals surface area contributed by atoms with E-state index in [-0.39, 0.29) is 6.03 Å². The van der Waals surface area contributed by atoms with Crippen molar-refractivity contribution in [1.29, 1.82) is 0 Å². The third-order valence-corrected chi connectivity index (χ3v) is 3.61. The van der Waals surface area contributed by atoms with Crippen LogP contribution >= 0.6 is 46.8 Å². The summed E-state index contributed by atoms with van der Waals surface area (Å²) in [7, 11) is 0. The molecule has 1 N–H and O–H groups in total. The van der Waals surface area contributed by atoms with Gasteiger partial charge in [0.15, 0.2) is 0 Å². The third kappa shape index (κ3) is 3.36. The number of halogens is 3. The Morgan fingerprint density at radius 3 is 2.44 bits per heavy atom. The predicted molar refractivity (Wildman–Crippen MR) is 76.8 cm³/mol. The maximum Gasteiger partial charge on any atom is 0.350 e. The van der Waals surface area contributed by atoms with Gasteiger partial charge in [-0.05, 0) is 19.1 Å². The number of hydrazine groups is 1. The van der Waals surface area contributed by atoms with Crippen LogP contribution in [0.5, 0.6) is 0 Å². The Morgan fingerprint density at radius 1 is 1.28 bits per heavy atom. The first kappa shape index (κ1) is 14.1. The molecule has 1 aromatic carbocycles. The summed E-state index contributed by atoms with van der Waals surface area (Å²) in [6.07, 6.45) is 0. The fourth-order valence-corrected chi connectivity index (χ4v) is 2.61. The molecule has 1 saturated heterocycles. The van der Waals surface area contributed by atoms with E-state index < -0.39 is 3.12 Å². The molecule has 0 saturated carbocycles. The molecule has 0 spiro atoms. The number of carbonyl (C=O) groups is 1. The van der Waals surface area contributed by atoms with Gasteiger partial charge in [-0.15, -0.1) is 0 Å². The molecule has 0 radical (unpaired) electrons. The molecule has 1 heterocycles. The zero-order valence-electron chi connectivity index (χ0n) is 9.36. The molecule has 0 aliphatic carbocycles. The smallest absolute Gasteiger partial charge is 0.278 e. The number of anilines is 1. The lowest BCUT2D eigenvalue weighted by Gasteiger charge is -2.19. The van der Waals surface area contributed by atoms with Gasteiger partial charge in [-0.25, -0.2) is 4.79 Å². The summed E-state index contributed by atoms with van der Waals surface area (Å²) < 4.78 is -0.362. The summed E-state index contributed by atoms with van der Waals surface area (Å²) in [6, 6.07) is 7.35. The van der Waals surface area contributed by atoms with Crippen molar-refractivity contribution in [1.82, 2.24) is 9.84 Å². The number of benzene rings is 1. The predicted octanol–water partition coefficient (Wildman–Crippen LogP) is 3.68. The molecule has 0 unspecified atom stereocenters. The Labute approximate surface area is 124 Å². The van der Waals surface area contributed by atoms with Crippen LogP contribution in [0.3, 0.4) is 0 Å². The summed E-state index contributed by atoms with van der Waals surface area (Å²) >= 11 is 17.7. The molecular formula is C10H10Cl3N3OS. The van der Waals surface area contributed by atoms with Crippen molar-refractivity contribution in [2.24, 2.45) is 0 Å². The summed E-state index contributed by atoms with van der Waals surface area (Å²) in [5.74, 6) is 0. The minimum Gasteiger partial charge on any atom is -0.278 e. The highest BCUT2D eigenvalue weighted by Gasteiger charge is 2.36. The number of aryl methyl sites for hydroxylation is 1. The Hall–Kier alpha value is -0.330. The first-order chi connectivity index (χ1) is 8.37. The lowest BCUT2D eigenvalue weighted by atomic mass is 10.2. The molecule has 0 atom stereocenters. The number of hydrogen-bond acceptors (Lipinski definition) is 3. The number of urea groups is 1.